The molecular formula is C13H17N3. The van der Waals surface area contributed by atoms with Crippen LogP contribution in [0.15, 0.2) is 36.7 Å². The van der Waals surface area contributed by atoms with E-state index >= 15 is 0 Å². The van der Waals surface area contributed by atoms with Crippen molar-refractivity contribution in [2.45, 2.75) is 19.9 Å². The molecule has 2 aromatic rings. The molecule has 0 aliphatic carbocycles. The van der Waals surface area contributed by atoms with Gasteiger partial charge in [0.25, 0.3) is 0 Å². The standard InChI is InChI=1S/C13H17N3/c1-10-8-15-16(9-10)13-6-4-5-12(7-13)11(2)14-3/h4-9,11,14H,1-3H3. The Bertz CT molecular complexity index is 474. The van der Waals surface area contributed by atoms with Gasteiger partial charge in [0, 0.05) is 12.2 Å². The maximum Gasteiger partial charge on any atom is 0.0648 e. The van der Waals surface area contributed by atoms with Gasteiger partial charge in [0.2, 0.25) is 0 Å². The maximum atomic E-state index is 4.31. The molecule has 0 radical (unpaired) electrons. The number of nitrogens with zero attached hydrogens (tertiary/aromatic N) is 2. The van der Waals surface area contributed by atoms with Crippen LogP contribution in [0.2, 0.25) is 0 Å². The highest BCUT2D eigenvalue weighted by molar-refractivity contribution is 5.36. The summed E-state index contributed by atoms with van der Waals surface area (Å²) in [4.78, 5) is 0. The third kappa shape index (κ3) is 2.14. The molecule has 3 heteroatoms. The molecule has 16 heavy (non-hydrogen) atoms. The van der Waals surface area contributed by atoms with Gasteiger partial charge in [0.05, 0.1) is 11.9 Å². The fourth-order valence-electron chi connectivity index (χ4n) is 1.66. The number of nitrogens with one attached hydrogen (secondary N) is 1. The Morgan fingerprint density at radius 2 is 2.19 bits per heavy atom. The highest BCUT2D eigenvalue weighted by Crippen LogP contribution is 2.16. The van der Waals surface area contributed by atoms with Gasteiger partial charge in [0.15, 0.2) is 0 Å². The van der Waals surface area contributed by atoms with E-state index in [0.29, 0.717) is 6.04 Å². The van der Waals surface area contributed by atoms with Crippen molar-refractivity contribution in [1.29, 1.82) is 0 Å². The number of aromatic nitrogens is 2. The Balaban J connectivity index is 2.36. The van der Waals surface area contributed by atoms with Crippen LogP contribution >= 0.6 is 0 Å². The third-order valence-corrected chi connectivity index (χ3v) is 2.78. The van der Waals surface area contributed by atoms with Crippen molar-refractivity contribution in [3.63, 3.8) is 0 Å². The molecule has 2 rings (SSSR count). The normalized spacial score (nSPS) is 12.7. The summed E-state index contributed by atoms with van der Waals surface area (Å²) in [6, 6.07) is 8.78. The van der Waals surface area contributed by atoms with Gasteiger partial charge in [-0.05, 0) is 44.2 Å². The molecule has 1 N–H and O–H groups in total. The van der Waals surface area contributed by atoms with Crippen molar-refractivity contribution in [1.82, 2.24) is 15.1 Å². The summed E-state index contributed by atoms with van der Waals surface area (Å²) >= 11 is 0. The Hall–Kier alpha value is -1.61. The van der Waals surface area contributed by atoms with Crippen LogP contribution in [0.4, 0.5) is 0 Å². The van der Waals surface area contributed by atoms with Crippen molar-refractivity contribution in [2.75, 3.05) is 7.05 Å². The Labute approximate surface area is 96.1 Å². The predicted octanol–water partition coefficient (Wildman–Crippen LogP) is 2.46. The van der Waals surface area contributed by atoms with E-state index in [-0.39, 0.29) is 0 Å². The summed E-state index contributed by atoms with van der Waals surface area (Å²) in [5.41, 5.74) is 3.55. The molecule has 0 fully saturated rings. The predicted molar refractivity (Wildman–Crippen MR) is 65.8 cm³/mol. The average molecular weight is 215 g/mol. The van der Waals surface area contributed by atoms with Crippen LogP contribution in [0.3, 0.4) is 0 Å². The molecule has 3 nitrogen and oxygen atoms in total. The first-order valence-electron chi connectivity index (χ1n) is 5.49. The number of benzene rings is 1. The minimum absolute atomic E-state index is 0.358. The molecule has 1 unspecified atom stereocenters. The molecule has 0 saturated heterocycles. The van der Waals surface area contributed by atoms with Crippen molar-refractivity contribution >= 4 is 0 Å². The van der Waals surface area contributed by atoms with Crippen molar-refractivity contribution in [3.8, 4) is 5.69 Å². The average Bonchev–Trinajstić information content (AvgIpc) is 2.75. The number of hydrogen-bond acceptors (Lipinski definition) is 2. The van der Waals surface area contributed by atoms with Crippen LogP contribution in [0.25, 0.3) is 5.69 Å². The first kappa shape index (κ1) is 10.9. The zero-order valence-electron chi connectivity index (χ0n) is 9.94. The molecule has 0 aliphatic rings. The summed E-state index contributed by atoms with van der Waals surface area (Å²) in [5, 5.41) is 7.54. The van der Waals surface area contributed by atoms with E-state index in [9.17, 15) is 0 Å². The van der Waals surface area contributed by atoms with Gasteiger partial charge in [-0.1, -0.05) is 12.1 Å². The fourth-order valence-corrected chi connectivity index (χ4v) is 1.66. The largest absolute Gasteiger partial charge is 0.313 e. The molecule has 0 amide bonds. The highest BCUT2D eigenvalue weighted by atomic mass is 15.3. The van der Waals surface area contributed by atoms with Crippen LogP contribution in [-0.2, 0) is 0 Å². The zero-order valence-corrected chi connectivity index (χ0v) is 9.94. The van der Waals surface area contributed by atoms with E-state index in [4.69, 9.17) is 0 Å². The molecule has 0 spiro atoms. The van der Waals surface area contributed by atoms with Crippen molar-refractivity contribution in [2.24, 2.45) is 0 Å². The lowest BCUT2D eigenvalue weighted by molar-refractivity contribution is 0.651. The molecule has 0 bridgehead atoms. The maximum absolute atomic E-state index is 4.31. The fraction of sp³-hybridized carbons (Fsp3) is 0.308. The SMILES string of the molecule is CNC(C)c1cccc(-n2cc(C)cn2)c1. The van der Waals surface area contributed by atoms with Gasteiger partial charge >= 0.3 is 0 Å². The topological polar surface area (TPSA) is 29.9 Å². The molecule has 0 saturated carbocycles. The van der Waals surface area contributed by atoms with Gasteiger partial charge in [-0.15, -0.1) is 0 Å². The molecule has 1 aromatic heterocycles. The van der Waals surface area contributed by atoms with E-state index in [1.165, 1.54) is 11.1 Å². The number of aryl methyl sites for hydroxylation is 1. The van der Waals surface area contributed by atoms with Crippen LogP contribution < -0.4 is 5.32 Å². The second-order valence-corrected chi connectivity index (χ2v) is 4.07. The Morgan fingerprint density at radius 1 is 1.38 bits per heavy atom. The second-order valence-electron chi connectivity index (χ2n) is 4.07. The molecule has 1 aromatic carbocycles. The Morgan fingerprint density at radius 3 is 2.81 bits per heavy atom. The first-order valence-corrected chi connectivity index (χ1v) is 5.49. The molecule has 1 heterocycles. The van der Waals surface area contributed by atoms with Crippen molar-refractivity contribution < 1.29 is 0 Å². The summed E-state index contributed by atoms with van der Waals surface area (Å²) in [5.74, 6) is 0. The monoisotopic (exact) mass is 215 g/mol. The summed E-state index contributed by atoms with van der Waals surface area (Å²) in [6.07, 6.45) is 3.90. The van der Waals surface area contributed by atoms with E-state index in [1.54, 1.807) is 0 Å². The highest BCUT2D eigenvalue weighted by Gasteiger charge is 2.04. The van der Waals surface area contributed by atoms with Gasteiger partial charge in [-0.2, -0.15) is 5.10 Å². The van der Waals surface area contributed by atoms with Crippen LogP contribution in [0, 0.1) is 6.92 Å². The minimum Gasteiger partial charge on any atom is -0.313 e. The van der Waals surface area contributed by atoms with E-state index < -0.39 is 0 Å². The lowest BCUT2D eigenvalue weighted by atomic mass is 10.1. The van der Waals surface area contributed by atoms with Gasteiger partial charge in [-0.3, -0.25) is 0 Å². The summed E-state index contributed by atoms with van der Waals surface area (Å²) in [7, 11) is 1.97. The van der Waals surface area contributed by atoms with Gasteiger partial charge in [0.1, 0.15) is 0 Å². The minimum atomic E-state index is 0.358. The number of rotatable bonds is 3. The first-order chi connectivity index (χ1) is 7.70. The molecule has 0 aliphatic heterocycles. The lowest BCUT2D eigenvalue weighted by Gasteiger charge is -2.11. The number of hydrogen-bond donors (Lipinski definition) is 1. The van der Waals surface area contributed by atoms with Crippen LogP contribution in [-0.4, -0.2) is 16.8 Å². The van der Waals surface area contributed by atoms with Crippen LogP contribution in [0.1, 0.15) is 24.1 Å². The summed E-state index contributed by atoms with van der Waals surface area (Å²) < 4.78 is 1.90. The van der Waals surface area contributed by atoms with Gasteiger partial charge < -0.3 is 5.32 Å². The van der Waals surface area contributed by atoms with Gasteiger partial charge in [-0.25, -0.2) is 4.68 Å². The van der Waals surface area contributed by atoms with Crippen LogP contribution in [0.5, 0.6) is 0 Å². The molecule has 84 valence electrons. The Kier molecular flexibility index (Phi) is 3.06. The van der Waals surface area contributed by atoms with E-state index in [0.717, 1.165) is 5.69 Å². The van der Waals surface area contributed by atoms with E-state index in [2.05, 4.69) is 41.6 Å². The molecule has 1 atom stereocenters. The van der Waals surface area contributed by atoms with E-state index in [1.807, 2.05) is 31.0 Å². The third-order valence-electron chi connectivity index (χ3n) is 2.78. The smallest absolute Gasteiger partial charge is 0.0648 e. The lowest BCUT2D eigenvalue weighted by Crippen LogP contribution is -2.12. The zero-order chi connectivity index (χ0) is 11.5. The quantitative estimate of drug-likeness (QED) is 0.852. The summed E-state index contributed by atoms with van der Waals surface area (Å²) in [6.45, 7) is 4.19. The molecular weight excluding hydrogens is 198 g/mol. The van der Waals surface area contributed by atoms with Crippen molar-refractivity contribution in [3.05, 3.63) is 47.8 Å². The second kappa shape index (κ2) is 4.49.